The first-order chi connectivity index (χ1) is 14.2. The third-order valence-electron chi connectivity index (χ3n) is 4.94. The number of aryl methyl sites for hydroxylation is 1. The number of carbonyl (C=O) groups is 1. The summed E-state index contributed by atoms with van der Waals surface area (Å²) in [5, 5.41) is 0. The maximum absolute atomic E-state index is 13.0. The summed E-state index contributed by atoms with van der Waals surface area (Å²) < 4.78 is 30.9. The monoisotopic (exact) mass is 438 g/mol. The smallest absolute Gasteiger partial charge is 0.493 e. The maximum atomic E-state index is 13.0. The second kappa shape index (κ2) is 8.65. The molecule has 2 aromatic rings. The second-order valence-corrected chi connectivity index (χ2v) is 8.03. The number of phosphoric acid groups is 1. The van der Waals surface area contributed by atoms with Gasteiger partial charge in [-0.05, 0) is 48.6 Å². The maximum Gasteiger partial charge on any atom is 0.505 e. The second-order valence-electron chi connectivity index (χ2n) is 6.90. The van der Waals surface area contributed by atoms with Gasteiger partial charge < -0.3 is 28.9 Å². The predicted octanol–water partition coefficient (Wildman–Crippen LogP) is 3.41. The van der Waals surface area contributed by atoms with Crippen LogP contribution in [-0.2, 0) is 9.24 Å². The van der Waals surface area contributed by atoms with E-state index >= 15 is 0 Å². The van der Waals surface area contributed by atoms with Gasteiger partial charge >= 0.3 is 7.82 Å². The van der Waals surface area contributed by atoms with Gasteiger partial charge in [0.25, 0.3) is 0 Å². The van der Waals surface area contributed by atoms with Gasteiger partial charge in [-0.25, -0.2) is 4.57 Å². The average Bonchev–Trinajstić information content (AvgIpc) is 3.51. The van der Waals surface area contributed by atoms with Crippen molar-refractivity contribution in [1.82, 2.24) is 0 Å². The van der Waals surface area contributed by atoms with Crippen LogP contribution in [-0.4, -0.2) is 36.9 Å². The van der Waals surface area contributed by atoms with Crippen molar-refractivity contribution in [3.05, 3.63) is 47.0 Å². The third-order valence-corrected chi connectivity index (χ3v) is 5.21. The van der Waals surface area contributed by atoms with Crippen LogP contribution < -0.4 is 19.1 Å². The molecule has 30 heavy (non-hydrogen) atoms. The van der Waals surface area contributed by atoms with E-state index in [0.29, 0.717) is 34.8 Å². The van der Waals surface area contributed by atoms with Gasteiger partial charge in [-0.3, -0.25) is 4.79 Å². The lowest BCUT2D eigenvalue weighted by atomic mass is 10.0. The van der Waals surface area contributed by atoms with Gasteiger partial charge in [0, 0.05) is 11.5 Å². The zero-order valence-corrected chi connectivity index (χ0v) is 17.8. The van der Waals surface area contributed by atoms with E-state index in [-0.39, 0.29) is 23.4 Å². The Labute approximate surface area is 173 Å². The van der Waals surface area contributed by atoms with Crippen LogP contribution >= 0.6 is 7.82 Å². The van der Waals surface area contributed by atoms with Gasteiger partial charge in [0.15, 0.2) is 23.0 Å². The molecule has 1 saturated carbocycles. The van der Waals surface area contributed by atoms with E-state index in [9.17, 15) is 9.36 Å². The van der Waals surface area contributed by atoms with Crippen LogP contribution in [0.4, 0.5) is 0 Å². The van der Waals surface area contributed by atoms with Crippen molar-refractivity contribution in [2.45, 2.75) is 19.3 Å². The number of Topliss-reactive ketones (excluding diaryl/α,β-unsaturated/α-hetero) is 1. The van der Waals surface area contributed by atoms with Crippen LogP contribution in [0.5, 0.6) is 23.0 Å². The summed E-state index contributed by atoms with van der Waals surface area (Å²) in [4.78, 5) is 35.4. The van der Waals surface area contributed by atoms with E-state index < -0.39 is 7.82 Å². The molecule has 0 saturated heterocycles. The number of carbonyl (C=O) groups excluding carboxylic acids is 1. The van der Waals surface area contributed by atoms with Gasteiger partial charge in [0.05, 0.1) is 21.3 Å². The highest BCUT2D eigenvalue weighted by atomic mass is 31.2. The van der Waals surface area contributed by atoms with Crippen LogP contribution in [0.15, 0.2) is 30.3 Å². The molecule has 0 aromatic heterocycles. The van der Waals surface area contributed by atoms with E-state index in [4.69, 9.17) is 28.9 Å². The first kappa shape index (κ1) is 22.1. The van der Waals surface area contributed by atoms with Crippen LogP contribution in [0.25, 0.3) is 0 Å². The molecule has 10 heteroatoms. The summed E-state index contributed by atoms with van der Waals surface area (Å²) >= 11 is 0. The summed E-state index contributed by atoms with van der Waals surface area (Å²) in [7, 11) is -0.313. The molecule has 9 nitrogen and oxygen atoms in total. The van der Waals surface area contributed by atoms with Crippen molar-refractivity contribution in [2.75, 3.05) is 21.3 Å². The molecular weight excluding hydrogens is 415 g/mol. The van der Waals surface area contributed by atoms with Gasteiger partial charge in [0.2, 0.25) is 5.75 Å². The van der Waals surface area contributed by atoms with E-state index in [1.165, 1.54) is 21.3 Å². The van der Waals surface area contributed by atoms with Gasteiger partial charge in [-0.1, -0.05) is 16.8 Å². The molecule has 3 rings (SSSR count). The fraction of sp³-hybridized carbons (Fsp3) is 0.350. The number of ketones is 1. The molecule has 2 unspecified atom stereocenters. The minimum Gasteiger partial charge on any atom is -0.493 e. The van der Waals surface area contributed by atoms with Crippen LogP contribution in [0, 0.1) is 12.8 Å². The number of methoxy groups -OCH3 is 3. The first-order valence-electron chi connectivity index (χ1n) is 9.05. The van der Waals surface area contributed by atoms with Crippen LogP contribution in [0.3, 0.4) is 0 Å². The van der Waals surface area contributed by atoms with Crippen molar-refractivity contribution in [1.29, 1.82) is 0 Å². The molecule has 0 aliphatic heterocycles. The number of benzene rings is 2. The molecule has 1 aliphatic rings. The topological polar surface area (TPSA) is 121 Å². The SMILES string of the molecule is COc1cc(C(=O)C2CC2c2ccc(C)c(OOP(=O)(O)O)c2)cc(OC)c1OC. The van der Waals surface area contributed by atoms with Gasteiger partial charge in [-0.2, -0.15) is 0 Å². The zero-order valence-electron chi connectivity index (χ0n) is 16.9. The first-order valence-corrected chi connectivity index (χ1v) is 10.6. The zero-order chi connectivity index (χ0) is 22.1. The Morgan fingerprint density at radius 1 is 1.00 bits per heavy atom. The molecule has 2 N–H and O–H groups in total. The van der Waals surface area contributed by atoms with Gasteiger partial charge in [-0.15, -0.1) is 0 Å². The van der Waals surface area contributed by atoms with Crippen LogP contribution in [0.1, 0.15) is 33.8 Å². The molecule has 0 amide bonds. The summed E-state index contributed by atoms with van der Waals surface area (Å²) in [5.41, 5.74) is 1.90. The van der Waals surface area contributed by atoms with Crippen molar-refractivity contribution < 1.29 is 42.9 Å². The fourth-order valence-corrected chi connectivity index (χ4v) is 3.49. The summed E-state index contributed by atoms with van der Waals surface area (Å²) in [5.74, 6) is 1.04. The molecule has 0 radical (unpaired) electrons. The molecule has 0 bridgehead atoms. The Morgan fingerprint density at radius 2 is 1.63 bits per heavy atom. The van der Waals surface area contributed by atoms with Crippen molar-refractivity contribution in [2.24, 2.45) is 5.92 Å². The largest absolute Gasteiger partial charge is 0.505 e. The Bertz CT molecular complexity index is 973. The lowest BCUT2D eigenvalue weighted by Gasteiger charge is -2.14. The summed E-state index contributed by atoms with van der Waals surface area (Å²) in [6.07, 6.45) is 0.636. The minimum absolute atomic E-state index is 0.0467. The molecular formula is C20H23O9P. The average molecular weight is 438 g/mol. The van der Waals surface area contributed by atoms with Crippen LogP contribution in [0.2, 0.25) is 0 Å². The highest BCUT2D eigenvalue weighted by Crippen LogP contribution is 2.51. The van der Waals surface area contributed by atoms with Gasteiger partial charge in [0.1, 0.15) is 0 Å². The van der Waals surface area contributed by atoms with E-state index in [2.05, 4.69) is 4.67 Å². The van der Waals surface area contributed by atoms with Crippen molar-refractivity contribution in [3.63, 3.8) is 0 Å². The molecule has 162 valence electrons. The standard InChI is InChI=1S/C20H23O9P/c1-11-5-6-12(7-16(11)28-29-30(22,23)24)14-10-15(14)19(21)13-8-17(25-2)20(27-4)18(9-13)26-3/h5-9,14-15H,10H2,1-4H3,(H2,22,23,24). The minimum atomic E-state index is -4.77. The van der Waals surface area contributed by atoms with E-state index in [1.807, 2.05) is 6.07 Å². The molecule has 1 fully saturated rings. The molecule has 2 atom stereocenters. The highest BCUT2D eigenvalue weighted by Gasteiger charge is 2.44. The van der Waals surface area contributed by atoms with Crippen molar-refractivity contribution in [3.8, 4) is 23.0 Å². The molecule has 2 aromatic carbocycles. The Kier molecular flexibility index (Phi) is 6.38. The Balaban J connectivity index is 1.80. The predicted molar refractivity (Wildman–Crippen MR) is 106 cm³/mol. The number of hydrogen-bond acceptors (Lipinski definition) is 7. The molecule has 1 aliphatic carbocycles. The lowest BCUT2D eigenvalue weighted by molar-refractivity contribution is -0.123. The quantitative estimate of drug-likeness (QED) is 0.263. The van der Waals surface area contributed by atoms with E-state index in [1.54, 1.807) is 31.2 Å². The fourth-order valence-electron chi connectivity index (χ4n) is 3.32. The Morgan fingerprint density at radius 3 is 2.17 bits per heavy atom. The number of ether oxygens (including phenoxy) is 3. The summed E-state index contributed by atoms with van der Waals surface area (Å²) in [6, 6.07) is 8.46. The number of hydrogen-bond donors (Lipinski definition) is 2. The molecule has 0 spiro atoms. The Hall–Kier alpha value is -2.58. The highest BCUT2D eigenvalue weighted by molar-refractivity contribution is 7.46. The summed E-state index contributed by atoms with van der Waals surface area (Å²) in [6.45, 7) is 1.72. The molecule has 0 heterocycles. The van der Waals surface area contributed by atoms with Crippen molar-refractivity contribution >= 4 is 13.6 Å². The third kappa shape index (κ3) is 4.76. The number of rotatable bonds is 9. The lowest BCUT2D eigenvalue weighted by Crippen LogP contribution is -2.06. The van der Waals surface area contributed by atoms with E-state index in [0.717, 1.165) is 5.56 Å². The normalized spacial score (nSPS) is 17.9.